The van der Waals surface area contributed by atoms with Crippen LogP contribution >= 0.6 is 0 Å². The lowest BCUT2D eigenvalue weighted by atomic mass is 9.72. The number of piperidine rings is 1. The summed E-state index contributed by atoms with van der Waals surface area (Å²) < 4.78 is 0. The molecule has 1 aliphatic heterocycles. The summed E-state index contributed by atoms with van der Waals surface area (Å²) in [6.45, 7) is 3.24. The average Bonchev–Trinajstić information content (AvgIpc) is 2.84. The fraction of sp³-hybridized carbons (Fsp3) is 0.296. The number of likely N-dealkylation sites (tertiary alicyclic amines) is 1. The van der Waals surface area contributed by atoms with Gasteiger partial charge in [-0.15, -0.1) is 0 Å². The van der Waals surface area contributed by atoms with Crippen LogP contribution in [0.4, 0.5) is 0 Å². The Morgan fingerprint density at radius 2 is 1.72 bits per heavy atom. The fourth-order valence-electron chi connectivity index (χ4n) is 4.70. The molecule has 2 aromatic carbocycles. The number of benzene rings is 2. The Hall–Kier alpha value is -3.47. The molecule has 5 nitrogen and oxygen atoms in total. The lowest BCUT2D eigenvalue weighted by molar-refractivity contribution is -0.133. The van der Waals surface area contributed by atoms with Gasteiger partial charge in [-0.3, -0.25) is 14.6 Å². The van der Waals surface area contributed by atoms with E-state index in [9.17, 15) is 9.59 Å². The van der Waals surface area contributed by atoms with Crippen LogP contribution in [0, 0.1) is 12.3 Å². The molecular weight excluding hydrogens is 398 g/mol. The van der Waals surface area contributed by atoms with Crippen LogP contribution in [0.25, 0.3) is 11.1 Å². The number of carbonyl (C=O) groups is 2. The van der Waals surface area contributed by atoms with E-state index in [1.165, 1.54) is 11.1 Å². The van der Waals surface area contributed by atoms with Crippen molar-refractivity contribution in [2.75, 3.05) is 20.1 Å². The highest BCUT2D eigenvalue weighted by molar-refractivity contribution is 5.94. The third kappa shape index (κ3) is 4.42. The second-order valence-electron chi connectivity index (χ2n) is 8.58. The summed E-state index contributed by atoms with van der Waals surface area (Å²) in [4.78, 5) is 31.7. The van der Waals surface area contributed by atoms with Gasteiger partial charge in [-0.1, -0.05) is 48.5 Å². The van der Waals surface area contributed by atoms with Crippen LogP contribution in [-0.2, 0) is 11.2 Å². The van der Waals surface area contributed by atoms with Crippen molar-refractivity contribution in [2.24, 2.45) is 5.41 Å². The Morgan fingerprint density at radius 1 is 1.00 bits per heavy atom. The number of aromatic nitrogens is 1. The molecule has 1 fully saturated rings. The highest BCUT2D eigenvalue weighted by atomic mass is 16.2. The lowest BCUT2D eigenvalue weighted by Gasteiger charge is -2.40. The maximum atomic E-state index is 13.0. The van der Waals surface area contributed by atoms with Crippen LogP contribution in [0.5, 0.6) is 0 Å². The number of nitrogens with one attached hydrogen (secondary N) is 1. The van der Waals surface area contributed by atoms with Crippen LogP contribution in [0.15, 0.2) is 73.1 Å². The molecule has 0 saturated carbocycles. The van der Waals surface area contributed by atoms with Gasteiger partial charge in [0.1, 0.15) is 0 Å². The zero-order valence-electron chi connectivity index (χ0n) is 18.7. The number of pyridine rings is 1. The van der Waals surface area contributed by atoms with E-state index in [0.717, 1.165) is 11.1 Å². The third-order valence-electron chi connectivity index (χ3n) is 6.57. The van der Waals surface area contributed by atoms with E-state index >= 15 is 0 Å². The maximum absolute atomic E-state index is 13.0. The Balaban J connectivity index is 1.54. The summed E-state index contributed by atoms with van der Waals surface area (Å²) in [5, 5.41) is 2.88. The van der Waals surface area contributed by atoms with Crippen molar-refractivity contribution < 1.29 is 9.59 Å². The van der Waals surface area contributed by atoms with Gasteiger partial charge in [-0.05, 0) is 60.6 Å². The van der Waals surface area contributed by atoms with Gasteiger partial charge in [0.2, 0.25) is 5.91 Å². The first kappa shape index (κ1) is 21.8. The smallest absolute Gasteiger partial charge is 0.253 e. The second kappa shape index (κ2) is 9.35. The topological polar surface area (TPSA) is 62.3 Å². The first-order chi connectivity index (χ1) is 15.5. The fourth-order valence-corrected chi connectivity index (χ4v) is 4.70. The lowest BCUT2D eigenvalue weighted by Crippen LogP contribution is -2.50. The highest BCUT2D eigenvalue weighted by Crippen LogP contribution is 2.37. The van der Waals surface area contributed by atoms with E-state index in [2.05, 4.69) is 59.7 Å². The second-order valence-corrected chi connectivity index (χ2v) is 8.58. The molecule has 3 aromatic rings. The summed E-state index contributed by atoms with van der Waals surface area (Å²) in [5.41, 5.74) is 4.86. The minimum atomic E-state index is -0.520. The number of hydrogen-bond donors (Lipinski definition) is 1. The number of amides is 2. The molecule has 0 atom stereocenters. The maximum Gasteiger partial charge on any atom is 0.253 e. The van der Waals surface area contributed by atoms with Gasteiger partial charge in [0.15, 0.2) is 0 Å². The number of hydrogen-bond acceptors (Lipinski definition) is 3. The summed E-state index contributed by atoms with van der Waals surface area (Å²) in [6.07, 6.45) is 5.20. The summed E-state index contributed by atoms with van der Waals surface area (Å²) >= 11 is 0. The molecule has 0 bridgehead atoms. The molecule has 0 radical (unpaired) electrons. The van der Waals surface area contributed by atoms with E-state index < -0.39 is 5.41 Å². The largest absolute Gasteiger partial charge is 0.359 e. The van der Waals surface area contributed by atoms with Gasteiger partial charge in [0.05, 0.1) is 5.41 Å². The molecule has 1 aliphatic rings. The van der Waals surface area contributed by atoms with Gasteiger partial charge in [0, 0.05) is 38.1 Å². The van der Waals surface area contributed by atoms with Crippen molar-refractivity contribution >= 4 is 11.8 Å². The minimum absolute atomic E-state index is 0.000503. The van der Waals surface area contributed by atoms with Gasteiger partial charge >= 0.3 is 0 Å². The van der Waals surface area contributed by atoms with Crippen LogP contribution in [0.1, 0.15) is 34.3 Å². The van der Waals surface area contributed by atoms with Gasteiger partial charge in [-0.25, -0.2) is 0 Å². The Bertz CT molecular complexity index is 1100. The number of rotatable bonds is 5. The van der Waals surface area contributed by atoms with Crippen molar-refractivity contribution in [3.05, 3.63) is 89.7 Å². The molecule has 1 aromatic heterocycles. The Morgan fingerprint density at radius 3 is 2.41 bits per heavy atom. The zero-order chi connectivity index (χ0) is 22.6. The van der Waals surface area contributed by atoms with E-state index in [1.807, 2.05) is 11.0 Å². The number of aryl methyl sites for hydroxylation is 1. The molecule has 32 heavy (non-hydrogen) atoms. The first-order valence-electron chi connectivity index (χ1n) is 11.1. The quantitative estimate of drug-likeness (QED) is 0.662. The molecule has 164 valence electrons. The van der Waals surface area contributed by atoms with Crippen LogP contribution < -0.4 is 5.32 Å². The molecule has 2 heterocycles. The van der Waals surface area contributed by atoms with E-state index in [-0.39, 0.29) is 11.8 Å². The molecule has 0 spiro atoms. The van der Waals surface area contributed by atoms with Gasteiger partial charge < -0.3 is 10.2 Å². The zero-order valence-corrected chi connectivity index (χ0v) is 18.7. The van der Waals surface area contributed by atoms with Crippen molar-refractivity contribution in [1.29, 1.82) is 0 Å². The van der Waals surface area contributed by atoms with Crippen LogP contribution in [0.3, 0.4) is 0 Å². The van der Waals surface area contributed by atoms with E-state index in [0.29, 0.717) is 37.9 Å². The summed E-state index contributed by atoms with van der Waals surface area (Å²) in [5.74, 6) is 0.0502. The molecule has 1 N–H and O–H groups in total. The van der Waals surface area contributed by atoms with Crippen molar-refractivity contribution in [2.45, 2.75) is 26.2 Å². The van der Waals surface area contributed by atoms with Crippen molar-refractivity contribution in [3.8, 4) is 11.1 Å². The number of carbonyl (C=O) groups excluding carboxylic acids is 2. The molecule has 2 amide bonds. The van der Waals surface area contributed by atoms with E-state index in [1.54, 1.807) is 31.6 Å². The molecular formula is C27H29N3O2. The Kier molecular flexibility index (Phi) is 6.35. The van der Waals surface area contributed by atoms with Gasteiger partial charge in [0.25, 0.3) is 5.91 Å². The van der Waals surface area contributed by atoms with Crippen LogP contribution in [-0.4, -0.2) is 41.8 Å². The van der Waals surface area contributed by atoms with Crippen molar-refractivity contribution in [3.63, 3.8) is 0 Å². The predicted octanol–water partition coefficient (Wildman–Crippen LogP) is 4.27. The molecule has 0 aliphatic carbocycles. The van der Waals surface area contributed by atoms with Crippen molar-refractivity contribution in [1.82, 2.24) is 15.2 Å². The normalized spacial score (nSPS) is 15.2. The summed E-state index contributed by atoms with van der Waals surface area (Å²) in [6, 6.07) is 20.3. The van der Waals surface area contributed by atoms with Gasteiger partial charge in [-0.2, -0.15) is 0 Å². The predicted molar refractivity (Wildman–Crippen MR) is 126 cm³/mol. The van der Waals surface area contributed by atoms with E-state index in [4.69, 9.17) is 0 Å². The third-order valence-corrected chi connectivity index (χ3v) is 6.57. The molecule has 5 heteroatoms. The van der Waals surface area contributed by atoms with Crippen LogP contribution in [0.2, 0.25) is 0 Å². The number of nitrogens with zero attached hydrogens (tertiary/aromatic N) is 2. The summed E-state index contributed by atoms with van der Waals surface area (Å²) in [7, 11) is 1.70. The SMILES string of the molecule is CNC(=O)C1(Cc2cccc(-c3ccccc3C)c2)CCN(C(=O)c2ccncc2)CC1. The Labute approximate surface area is 189 Å². The molecule has 1 saturated heterocycles. The monoisotopic (exact) mass is 427 g/mol. The highest BCUT2D eigenvalue weighted by Gasteiger charge is 2.42. The minimum Gasteiger partial charge on any atom is -0.359 e. The first-order valence-corrected chi connectivity index (χ1v) is 11.1. The standard InChI is InChI=1S/C27H29N3O2/c1-20-6-3-4-9-24(20)23-8-5-7-21(18-23)19-27(26(32)28-2)12-16-30(17-13-27)25(31)22-10-14-29-15-11-22/h3-11,14-15,18H,12-13,16-17,19H2,1-2H3,(H,28,32). The molecule has 0 unspecified atom stereocenters. The average molecular weight is 428 g/mol. The molecule has 4 rings (SSSR count).